The van der Waals surface area contributed by atoms with E-state index in [9.17, 15) is 18.0 Å². The van der Waals surface area contributed by atoms with Crippen LogP contribution < -0.4 is 41.4 Å². The lowest BCUT2D eigenvalue weighted by molar-refractivity contribution is -0.685. The van der Waals surface area contributed by atoms with Gasteiger partial charge in [-0.3, -0.25) is 9.36 Å². The fraction of sp³-hybridized carbons (Fsp3) is 0.200. The first kappa shape index (κ1) is 28.8. The summed E-state index contributed by atoms with van der Waals surface area (Å²) >= 11 is 7.94. The SMILES string of the molecule is CCn1c(=O)/c(=C2\Sc3cc(Br)ccc3N2C)s/c1=C\c1scc[n+]1Cc1ccccc1OC(F)(F)F.[Cl-]. The summed E-state index contributed by atoms with van der Waals surface area (Å²) in [6, 6.07) is 12.1. The average molecular weight is 663 g/mol. The summed E-state index contributed by atoms with van der Waals surface area (Å²) < 4.78 is 48.8. The van der Waals surface area contributed by atoms with Gasteiger partial charge in [-0.1, -0.05) is 51.2 Å². The summed E-state index contributed by atoms with van der Waals surface area (Å²) in [5.41, 5.74) is 1.38. The highest BCUT2D eigenvalue weighted by Crippen LogP contribution is 2.46. The van der Waals surface area contributed by atoms with Crippen LogP contribution in [0.4, 0.5) is 18.9 Å². The second-order valence-electron chi connectivity index (χ2n) is 8.07. The number of benzene rings is 2. The lowest BCUT2D eigenvalue weighted by atomic mass is 10.2. The van der Waals surface area contributed by atoms with Gasteiger partial charge in [0.05, 0.1) is 22.7 Å². The first-order chi connectivity index (χ1) is 17.6. The molecule has 0 saturated carbocycles. The predicted octanol–water partition coefficient (Wildman–Crippen LogP) is 2.13. The molecule has 2 aromatic heterocycles. The van der Waals surface area contributed by atoms with Crippen LogP contribution in [0.25, 0.3) is 11.1 Å². The zero-order valence-corrected chi connectivity index (χ0v) is 24.8. The standard InChI is InChI=1S/C25H20BrF3N3O2S3.ClH/c1-3-32-21(37-22(23(32)33)24-30(2)17-9-8-16(26)12-19(17)36-24)13-20-31(10-11-35-20)14-15-6-4-5-7-18(15)34-25(27,28)29;/h4-13H,3,14H2,1-2H3;1H/q+1;/p-1/b24-22+;. The first-order valence-electron chi connectivity index (χ1n) is 11.1. The van der Waals surface area contributed by atoms with Gasteiger partial charge >= 0.3 is 6.36 Å². The van der Waals surface area contributed by atoms with Crippen LogP contribution >= 0.6 is 50.4 Å². The highest BCUT2D eigenvalue weighted by molar-refractivity contribution is 9.10. The normalized spacial score (nSPS) is 15.0. The number of thiazole rings is 2. The second kappa shape index (κ2) is 11.5. The van der Waals surface area contributed by atoms with Crippen molar-refractivity contribution in [1.29, 1.82) is 0 Å². The quantitative estimate of drug-likeness (QED) is 0.307. The van der Waals surface area contributed by atoms with Crippen molar-refractivity contribution in [3.05, 3.63) is 88.6 Å². The molecule has 0 spiro atoms. The van der Waals surface area contributed by atoms with Crippen LogP contribution in [0.15, 0.2) is 68.2 Å². The number of thioether (sulfide) groups is 1. The van der Waals surface area contributed by atoms with Crippen molar-refractivity contribution in [3.63, 3.8) is 0 Å². The highest BCUT2D eigenvalue weighted by Gasteiger charge is 2.32. The van der Waals surface area contributed by atoms with Gasteiger partial charge in [-0.2, -0.15) is 4.57 Å². The maximum absolute atomic E-state index is 13.4. The third-order valence-electron chi connectivity index (χ3n) is 5.72. The van der Waals surface area contributed by atoms with Crippen molar-refractivity contribution in [3.8, 4) is 5.75 Å². The van der Waals surface area contributed by atoms with Gasteiger partial charge in [0.1, 0.15) is 20.0 Å². The summed E-state index contributed by atoms with van der Waals surface area (Å²) in [6.45, 7) is 2.61. The van der Waals surface area contributed by atoms with Crippen molar-refractivity contribution in [2.45, 2.75) is 31.3 Å². The van der Waals surface area contributed by atoms with Gasteiger partial charge in [0.2, 0.25) is 0 Å². The number of rotatable bonds is 5. The minimum atomic E-state index is -4.77. The number of alkyl halides is 3. The number of hydrogen-bond donors (Lipinski definition) is 0. The third-order valence-corrected chi connectivity index (χ3v) is 9.53. The van der Waals surface area contributed by atoms with Crippen molar-refractivity contribution < 1.29 is 34.9 Å². The van der Waals surface area contributed by atoms with E-state index in [-0.39, 0.29) is 30.3 Å². The van der Waals surface area contributed by atoms with Gasteiger partial charge in [0, 0.05) is 23.0 Å². The van der Waals surface area contributed by atoms with Crippen LogP contribution in [-0.2, 0) is 13.1 Å². The minimum absolute atomic E-state index is 0. The molecule has 0 saturated heterocycles. The predicted molar refractivity (Wildman–Crippen MR) is 146 cm³/mol. The van der Waals surface area contributed by atoms with Crippen molar-refractivity contribution >= 4 is 67.2 Å². The van der Waals surface area contributed by atoms with E-state index in [1.54, 1.807) is 28.5 Å². The molecule has 200 valence electrons. The Kier molecular flexibility index (Phi) is 8.68. The van der Waals surface area contributed by atoms with Gasteiger partial charge in [-0.15, -0.1) is 24.5 Å². The molecular weight excluding hydrogens is 643 g/mol. The van der Waals surface area contributed by atoms with Crippen LogP contribution in [0.5, 0.6) is 5.75 Å². The third kappa shape index (κ3) is 5.84. The Morgan fingerprint density at radius 2 is 1.95 bits per heavy atom. The zero-order valence-electron chi connectivity index (χ0n) is 20.0. The molecule has 13 heteroatoms. The Bertz CT molecular complexity index is 1670. The van der Waals surface area contributed by atoms with E-state index in [1.165, 1.54) is 34.8 Å². The number of anilines is 1. The largest absolute Gasteiger partial charge is 1.00 e. The number of nitrogens with zero attached hydrogens (tertiary/aromatic N) is 3. The minimum Gasteiger partial charge on any atom is -1.00 e. The Balaban J connectivity index is 0.00000336. The van der Waals surface area contributed by atoms with Gasteiger partial charge in [-0.25, -0.2) is 0 Å². The van der Waals surface area contributed by atoms with Crippen LogP contribution in [0, 0.1) is 0 Å². The summed E-state index contributed by atoms with van der Waals surface area (Å²) in [5.74, 6) is -0.229. The number of hydrogen-bond acceptors (Lipinski definition) is 6. The lowest BCUT2D eigenvalue weighted by Crippen LogP contribution is -3.00. The highest BCUT2D eigenvalue weighted by atomic mass is 79.9. The smallest absolute Gasteiger partial charge is 0.573 e. The van der Waals surface area contributed by atoms with Crippen molar-refractivity contribution in [2.75, 3.05) is 11.9 Å². The molecule has 5 rings (SSSR count). The molecule has 1 aliphatic heterocycles. The van der Waals surface area contributed by atoms with E-state index in [1.807, 2.05) is 59.3 Å². The Labute approximate surface area is 243 Å². The molecule has 38 heavy (non-hydrogen) atoms. The summed E-state index contributed by atoms with van der Waals surface area (Å²) in [7, 11) is 1.95. The van der Waals surface area contributed by atoms with E-state index >= 15 is 0 Å². The number of ether oxygens (including phenoxy) is 1. The molecule has 0 fully saturated rings. The topological polar surface area (TPSA) is 38.4 Å². The molecule has 1 aliphatic rings. The van der Waals surface area contributed by atoms with E-state index in [0.717, 1.165) is 29.8 Å². The molecule has 0 unspecified atom stereocenters. The lowest BCUT2D eigenvalue weighted by Gasteiger charge is -2.12. The van der Waals surface area contributed by atoms with Gasteiger partial charge < -0.3 is 22.0 Å². The van der Waals surface area contributed by atoms with E-state index in [4.69, 9.17) is 0 Å². The molecule has 0 atom stereocenters. The summed E-state index contributed by atoms with van der Waals surface area (Å²) in [6.07, 6.45) is -1.04. The molecule has 4 aromatic rings. The number of aromatic nitrogens is 2. The molecule has 0 bridgehead atoms. The molecule has 0 radical (unpaired) electrons. The number of halogens is 5. The van der Waals surface area contributed by atoms with E-state index in [0.29, 0.717) is 16.6 Å². The Hall–Kier alpha value is -2.25. The van der Waals surface area contributed by atoms with Gasteiger partial charge in [0.25, 0.3) is 10.6 Å². The molecule has 5 nitrogen and oxygen atoms in total. The number of fused-ring (bicyclic) bond motifs is 1. The molecule has 0 amide bonds. The monoisotopic (exact) mass is 661 g/mol. The summed E-state index contributed by atoms with van der Waals surface area (Å²) in [5, 5.41) is 3.55. The molecule has 3 heterocycles. The first-order valence-corrected chi connectivity index (χ1v) is 14.4. The Morgan fingerprint density at radius 1 is 1.18 bits per heavy atom. The van der Waals surface area contributed by atoms with Crippen LogP contribution in [0.3, 0.4) is 0 Å². The van der Waals surface area contributed by atoms with Gasteiger partial charge in [-0.05, 0) is 37.3 Å². The van der Waals surface area contributed by atoms with Crippen molar-refractivity contribution in [2.24, 2.45) is 0 Å². The maximum Gasteiger partial charge on any atom is 0.573 e. The number of para-hydroxylation sites is 1. The van der Waals surface area contributed by atoms with E-state index in [2.05, 4.69) is 20.7 Å². The summed E-state index contributed by atoms with van der Waals surface area (Å²) in [4.78, 5) is 16.5. The maximum atomic E-state index is 13.4. The fourth-order valence-electron chi connectivity index (χ4n) is 4.01. The van der Waals surface area contributed by atoms with Crippen LogP contribution in [0.1, 0.15) is 17.5 Å². The zero-order chi connectivity index (χ0) is 26.3. The molecular formula is C25H20BrClF3N3O2S3. The van der Waals surface area contributed by atoms with Crippen LogP contribution in [-0.4, -0.2) is 18.0 Å². The van der Waals surface area contributed by atoms with Crippen molar-refractivity contribution in [1.82, 2.24) is 4.57 Å². The van der Waals surface area contributed by atoms with Gasteiger partial charge in [0.15, 0.2) is 12.7 Å². The molecule has 0 N–H and O–H groups in total. The Morgan fingerprint density at radius 3 is 2.68 bits per heavy atom. The average Bonchev–Trinajstić information content (AvgIpc) is 3.50. The van der Waals surface area contributed by atoms with Crippen LogP contribution in [0.2, 0.25) is 0 Å². The molecule has 2 aromatic carbocycles. The van der Waals surface area contributed by atoms with E-state index < -0.39 is 6.36 Å². The fourth-order valence-corrected chi connectivity index (χ4v) is 7.87. The molecule has 0 aliphatic carbocycles. The second-order valence-corrected chi connectivity index (χ2v) is 12.0.